The Morgan fingerprint density at radius 3 is 2.66 bits per heavy atom. The Morgan fingerprint density at radius 2 is 2.03 bits per heavy atom. The zero-order valence-electron chi connectivity index (χ0n) is 17.8. The van der Waals surface area contributed by atoms with Crippen molar-refractivity contribution in [3.63, 3.8) is 0 Å². The third kappa shape index (κ3) is 3.63. The summed E-state index contributed by atoms with van der Waals surface area (Å²) in [7, 11) is 1.72. The van der Waals surface area contributed by atoms with Crippen LogP contribution in [0.3, 0.4) is 0 Å². The fraction of sp³-hybridized carbons (Fsp3) is 0.381. The van der Waals surface area contributed by atoms with Crippen LogP contribution < -0.4 is 15.0 Å². The van der Waals surface area contributed by atoms with Crippen LogP contribution in [0.15, 0.2) is 30.7 Å². The molecular formula is C21H21F2N7O2. The maximum Gasteiger partial charge on any atom is 0.304 e. The molecule has 5 rings (SSSR count). The van der Waals surface area contributed by atoms with Gasteiger partial charge in [-0.25, -0.2) is 9.97 Å². The van der Waals surface area contributed by atoms with Gasteiger partial charge in [-0.2, -0.15) is 18.9 Å². The average molecular weight is 441 g/mol. The summed E-state index contributed by atoms with van der Waals surface area (Å²) in [6, 6.07) is 3.28. The number of amides is 1. The highest BCUT2D eigenvalue weighted by atomic mass is 19.3. The fourth-order valence-electron chi connectivity index (χ4n) is 3.95. The van der Waals surface area contributed by atoms with Crippen molar-refractivity contribution < 1.29 is 18.3 Å². The van der Waals surface area contributed by atoms with Gasteiger partial charge in [0.15, 0.2) is 5.75 Å². The van der Waals surface area contributed by atoms with Gasteiger partial charge in [-0.3, -0.25) is 9.48 Å². The van der Waals surface area contributed by atoms with E-state index in [1.165, 1.54) is 23.9 Å². The molecule has 166 valence electrons. The maximum atomic E-state index is 14.2. The van der Waals surface area contributed by atoms with Gasteiger partial charge in [0.05, 0.1) is 18.1 Å². The highest BCUT2D eigenvalue weighted by Crippen LogP contribution is 2.58. The molecule has 1 amide bonds. The van der Waals surface area contributed by atoms with E-state index in [1.807, 2.05) is 4.90 Å². The maximum absolute atomic E-state index is 14.2. The molecule has 1 spiro atoms. The third-order valence-electron chi connectivity index (χ3n) is 5.62. The molecule has 0 saturated heterocycles. The predicted molar refractivity (Wildman–Crippen MR) is 111 cm³/mol. The predicted octanol–water partition coefficient (Wildman–Crippen LogP) is 3.65. The second kappa shape index (κ2) is 6.94. The Morgan fingerprint density at radius 1 is 1.25 bits per heavy atom. The zero-order valence-corrected chi connectivity index (χ0v) is 17.8. The molecule has 4 heterocycles. The number of halogens is 2. The lowest BCUT2D eigenvalue weighted by molar-refractivity contribution is -0.114. The van der Waals surface area contributed by atoms with Crippen molar-refractivity contribution in [2.24, 2.45) is 7.05 Å². The van der Waals surface area contributed by atoms with Crippen molar-refractivity contribution in [3.05, 3.63) is 42.1 Å². The van der Waals surface area contributed by atoms with E-state index < -0.39 is 11.7 Å². The zero-order chi connectivity index (χ0) is 22.7. The third-order valence-corrected chi connectivity index (χ3v) is 5.62. The molecule has 0 unspecified atom stereocenters. The van der Waals surface area contributed by atoms with Crippen LogP contribution in [-0.4, -0.2) is 37.2 Å². The molecule has 3 aromatic rings. The number of rotatable bonds is 5. The number of pyridine rings is 1. The second-order valence-electron chi connectivity index (χ2n) is 8.36. The minimum absolute atomic E-state index is 0.00559. The molecule has 0 radical (unpaired) electrons. The molecule has 1 saturated carbocycles. The van der Waals surface area contributed by atoms with E-state index in [-0.39, 0.29) is 17.2 Å². The number of ether oxygens (including phenoxy) is 1. The molecule has 32 heavy (non-hydrogen) atoms. The van der Waals surface area contributed by atoms with Gasteiger partial charge in [0.25, 0.3) is 0 Å². The lowest BCUT2D eigenvalue weighted by atomic mass is 10.0. The number of hydrogen-bond donors (Lipinski definition) is 1. The first-order valence-electron chi connectivity index (χ1n) is 10.1. The summed E-state index contributed by atoms with van der Waals surface area (Å²) >= 11 is 0. The van der Waals surface area contributed by atoms with Gasteiger partial charge < -0.3 is 15.0 Å². The number of carbonyl (C=O) groups is 1. The monoisotopic (exact) mass is 441 g/mol. The molecule has 1 N–H and O–H groups in total. The van der Waals surface area contributed by atoms with E-state index in [4.69, 9.17) is 4.74 Å². The number of fused-ring (bicyclic) bond motifs is 2. The minimum atomic E-state index is -3.26. The molecular weight excluding hydrogens is 420 g/mol. The topological polar surface area (TPSA) is 98.1 Å². The van der Waals surface area contributed by atoms with E-state index in [2.05, 4.69) is 25.4 Å². The smallest absolute Gasteiger partial charge is 0.304 e. The summed E-state index contributed by atoms with van der Waals surface area (Å²) in [5.41, 5.74) is 1.71. The number of hydrogen-bond acceptors (Lipinski definition) is 7. The van der Waals surface area contributed by atoms with Gasteiger partial charge in [-0.15, -0.1) is 0 Å². The van der Waals surface area contributed by atoms with Crippen LogP contribution in [0.2, 0.25) is 0 Å². The first-order valence-corrected chi connectivity index (χ1v) is 10.1. The summed E-state index contributed by atoms with van der Waals surface area (Å²) in [6.45, 7) is 2.72. The number of carbonyl (C=O) groups excluding carboxylic acids is 1. The normalized spacial score (nSPS) is 16.2. The van der Waals surface area contributed by atoms with Crippen molar-refractivity contribution >= 4 is 23.2 Å². The Hall–Kier alpha value is -3.63. The minimum Gasteiger partial charge on any atom is -0.436 e. The molecule has 3 aromatic heterocycles. The van der Waals surface area contributed by atoms with Crippen LogP contribution in [-0.2, 0) is 23.2 Å². The highest BCUT2D eigenvalue weighted by Gasteiger charge is 2.53. The van der Waals surface area contributed by atoms with Crippen molar-refractivity contribution in [2.45, 2.75) is 38.0 Å². The molecule has 1 aliphatic heterocycles. The summed E-state index contributed by atoms with van der Waals surface area (Å²) in [6.07, 6.45) is 6.77. The summed E-state index contributed by atoms with van der Waals surface area (Å²) in [5, 5.41) is 6.70. The van der Waals surface area contributed by atoms with Gasteiger partial charge in [0.2, 0.25) is 17.6 Å². The lowest BCUT2D eigenvalue weighted by Crippen LogP contribution is -2.22. The van der Waals surface area contributed by atoms with Crippen molar-refractivity contribution in [3.8, 4) is 11.6 Å². The van der Waals surface area contributed by atoms with Gasteiger partial charge in [-0.05, 0) is 12.8 Å². The molecule has 2 aliphatic rings. The number of anilines is 3. The SMILES string of the molecule is CC(=O)Nc1cc2c(cn1)C1(CC1)CN2c1cc(Oc2cnn(C)c2)nc(C(C)(F)F)n1. The van der Waals surface area contributed by atoms with E-state index in [0.717, 1.165) is 31.0 Å². The van der Waals surface area contributed by atoms with Crippen LogP contribution in [0.4, 0.5) is 26.1 Å². The van der Waals surface area contributed by atoms with E-state index in [1.54, 1.807) is 25.5 Å². The molecule has 1 fully saturated rings. The number of aromatic nitrogens is 5. The Labute approximate surface area is 182 Å². The molecule has 0 aromatic carbocycles. The number of aryl methyl sites for hydroxylation is 1. The van der Waals surface area contributed by atoms with Gasteiger partial charge in [0, 0.05) is 56.7 Å². The van der Waals surface area contributed by atoms with Crippen molar-refractivity contribution in [2.75, 3.05) is 16.8 Å². The van der Waals surface area contributed by atoms with Crippen LogP contribution in [0.5, 0.6) is 11.6 Å². The number of nitrogens with zero attached hydrogens (tertiary/aromatic N) is 6. The van der Waals surface area contributed by atoms with E-state index >= 15 is 0 Å². The summed E-state index contributed by atoms with van der Waals surface area (Å²) in [4.78, 5) is 25.8. The van der Waals surface area contributed by atoms with Gasteiger partial charge in [0.1, 0.15) is 11.6 Å². The van der Waals surface area contributed by atoms with Crippen LogP contribution in [0.1, 0.15) is 38.1 Å². The standard InChI is InChI=1S/C21H21F2N7O2/c1-12(31)26-16-6-15-14(9-24-16)21(4-5-21)11-30(15)17-7-18(28-19(27-17)20(2,22)23)32-13-8-25-29(3)10-13/h6-10H,4-5,11H2,1-3H3,(H,24,26,31). The fourth-order valence-corrected chi connectivity index (χ4v) is 3.95. The van der Waals surface area contributed by atoms with Crippen LogP contribution in [0.25, 0.3) is 0 Å². The summed E-state index contributed by atoms with van der Waals surface area (Å²) < 4.78 is 35.7. The first kappa shape index (κ1) is 20.3. The number of nitrogens with one attached hydrogen (secondary N) is 1. The van der Waals surface area contributed by atoms with E-state index in [0.29, 0.717) is 23.9 Å². The molecule has 11 heteroatoms. The highest BCUT2D eigenvalue weighted by molar-refractivity contribution is 5.89. The Kier molecular flexibility index (Phi) is 4.40. The van der Waals surface area contributed by atoms with E-state index in [9.17, 15) is 13.6 Å². The van der Waals surface area contributed by atoms with Crippen molar-refractivity contribution in [1.29, 1.82) is 0 Å². The van der Waals surface area contributed by atoms with Crippen LogP contribution >= 0.6 is 0 Å². The Bertz CT molecular complexity index is 1220. The second-order valence-corrected chi connectivity index (χ2v) is 8.36. The van der Waals surface area contributed by atoms with Crippen LogP contribution in [0, 0.1) is 0 Å². The lowest BCUT2D eigenvalue weighted by Gasteiger charge is -2.21. The molecule has 9 nitrogen and oxygen atoms in total. The van der Waals surface area contributed by atoms with Gasteiger partial charge >= 0.3 is 5.92 Å². The van der Waals surface area contributed by atoms with Crippen molar-refractivity contribution in [1.82, 2.24) is 24.7 Å². The molecule has 1 aliphatic carbocycles. The Balaban J connectivity index is 1.58. The molecule has 0 atom stereocenters. The summed E-state index contributed by atoms with van der Waals surface area (Å²) in [5.74, 6) is -3.09. The number of alkyl halides is 2. The largest absolute Gasteiger partial charge is 0.436 e. The molecule has 0 bridgehead atoms. The van der Waals surface area contributed by atoms with Gasteiger partial charge in [-0.1, -0.05) is 0 Å². The quantitative estimate of drug-likeness (QED) is 0.645. The first-order chi connectivity index (χ1) is 15.1. The average Bonchev–Trinajstić information content (AvgIpc) is 3.27.